The van der Waals surface area contributed by atoms with Gasteiger partial charge >= 0.3 is 11.9 Å². The van der Waals surface area contributed by atoms with Crippen molar-refractivity contribution in [2.45, 2.75) is 25.7 Å². The average molecular weight is 294 g/mol. The Kier molecular flexibility index (Phi) is 6.44. The normalized spacial score (nSPS) is 21.4. The van der Waals surface area contributed by atoms with Crippen LogP contribution < -0.4 is 0 Å². The molecule has 1 aliphatic carbocycles. The number of allylic oxidation sites excluding steroid dienone is 2. The number of esters is 2. The molecule has 0 aromatic heterocycles. The highest BCUT2D eigenvalue weighted by Crippen LogP contribution is 2.44. The van der Waals surface area contributed by atoms with E-state index in [9.17, 15) is 14.7 Å². The first-order chi connectivity index (χ1) is 10.1. The predicted octanol–water partition coefficient (Wildman–Crippen LogP) is 1.31. The van der Waals surface area contributed by atoms with Gasteiger partial charge in [-0.3, -0.25) is 9.59 Å². The Bertz CT molecular complexity index is 430. The number of methoxy groups -OCH3 is 2. The van der Waals surface area contributed by atoms with Crippen molar-refractivity contribution >= 4 is 11.9 Å². The van der Waals surface area contributed by atoms with E-state index in [0.717, 1.165) is 12.8 Å². The summed E-state index contributed by atoms with van der Waals surface area (Å²) in [6.45, 7) is -0.0104. The van der Waals surface area contributed by atoms with Gasteiger partial charge in [-0.15, -0.1) is 12.3 Å². The van der Waals surface area contributed by atoms with Gasteiger partial charge in [0.2, 0.25) is 0 Å². The first-order valence-corrected chi connectivity index (χ1v) is 6.96. The monoisotopic (exact) mass is 294 g/mol. The Morgan fingerprint density at radius 1 is 1.38 bits per heavy atom. The van der Waals surface area contributed by atoms with Crippen LogP contribution in [-0.2, 0) is 19.1 Å². The molecular weight excluding hydrogens is 272 g/mol. The second kappa shape index (κ2) is 7.84. The van der Waals surface area contributed by atoms with Crippen LogP contribution in [-0.4, -0.2) is 37.9 Å². The van der Waals surface area contributed by atoms with Crippen molar-refractivity contribution in [2.75, 3.05) is 20.8 Å². The molecule has 0 fully saturated rings. The Hall–Kier alpha value is -1.80. The van der Waals surface area contributed by atoms with Crippen LogP contribution in [0.3, 0.4) is 0 Å². The molecule has 0 bridgehead atoms. The third-order valence-electron chi connectivity index (χ3n) is 4.10. The molecular formula is C16H22O5. The molecule has 5 nitrogen and oxygen atoms in total. The van der Waals surface area contributed by atoms with Gasteiger partial charge in [0.25, 0.3) is 0 Å². The van der Waals surface area contributed by atoms with Crippen molar-refractivity contribution < 1.29 is 24.2 Å². The fraction of sp³-hybridized carbons (Fsp3) is 0.625. The van der Waals surface area contributed by atoms with Gasteiger partial charge in [0.1, 0.15) is 0 Å². The summed E-state index contributed by atoms with van der Waals surface area (Å²) in [5.74, 6) is 0.567. The summed E-state index contributed by atoms with van der Waals surface area (Å²) in [7, 11) is 2.45. The molecule has 1 aliphatic rings. The summed E-state index contributed by atoms with van der Waals surface area (Å²) in [4.78, 5) is 24.7. The third kappa shape index (κ3) is 3.27. The maximum Gasteiger partial charge on any atom is 0.324 e. The zero-order chi connectivity index (χ0) is 15.9. The molecule has 0 amide bonds. The zero-order valence-corrected chi connectivity index (χ0v) is 12.5. The molecule has 0 spiro atoms. The van der Waals surface area contributed by atoms with Crippen LogP contribution in [0.2, 0.25) is 0 Å². The molecule has 116 valence electrons. The summed E-state index contributed by atoms with van der Waals surface area (Å²) >= 11 is 0. The lowest BCUT2D eigenvalue weighted by atomic mass is 9.64. The van der Waals surface area contributed by atoms with Gasteiger partial charge in [-0.25, -0.2) is 0 Å². The predicted molar refractivity (Wildman–Crippen MR) is 77.0 cm³/mol. The Labute approximate surface area is 125 Å². The summed E-state index contributed by atoms with van der Waals surface area (Å²) in [5.41, 5.74) is -1.55. The van der Waals surface area contributed by atoms with Gasteiger partial charge < -0.3 is 14.6 Å². The fourth-order valence-electron chi connectivity index (χ4n) is 3.09. The van der Waals surface area contributed by atoms with Gasteiger partial charge in [-0.2, -0.15) is 0 Å². The molecule has 5 heteroatoms. The minimum atomic E-state index is -1.55. The van der Waals surface area contributed by atoms with Crippen LogP contribution >= 0.6 is 0 Å². The number of aliphatic hydroxyl groups is 1. The van der Waals surface area contributed by atoms with Crippen LogP contribution in [0.1, 0.15) is 25.7 Å². The lowest BCUT2D eigenvalue weighted by Crippen LogP contribution is -2.49. The highest BCUT2D eigenvalue weighted by atomic mass is 16.5. The molecule has 1 N–H and O–H groups in total. The van der Waals surface area contributed by atoms with E-state index in [1.807, 2.05) is 12.2 Å². The van der Waals surface area contributed by atoms with Crippen molar-refractivity contribution in [2.24, 2.45) is 17.3 Å². The lowest BCUT2D eigenvalue weighted by molar-refractivity contribution is -0.174. The maximum atomic E-state index is 12.4. The number of ether oxygens (including phenoxy) is 2. The van der Waals surface area contributed by atoms with E-state index in [4.69, 9.17) is 15.9 Å². The van der Waals surface area contributed by atoms with Crippen molar-refractivity contribution in [3.05, 3.63) is 12.2 Å². The summed E-state index contributed by atoms with van der Waals surface area (Å²) in [6, 6.07) is 0. The second-order valence-corrected chi connectivity index (χ2v) is 5.14. The number of hydrogen-bond acceptors (Lipinski definition) is 5. The standard InChI is InChI=1S/C16H22O5/c1-4-10-16(14(18)20-2,15(19)21-3)13-8-6-5-7-12(13)9-11-17/h1,6,8,12-13,17H,5,7,9-11H2,2-3H3/t12-,13+/m1/s1. The van der Waals surface area contributed by atoms with Gasteiger partial charge in [0.05, 0.1) is 14.2 Å². The zero-order valence-electron chi connectivity index (χ0n) is 12.5. The molecule has 0 radical (unpaired) electrons. The molecule has 21 heavy (non-hydrogen) atoms. The summed E-state index contributed by atoms with van der Waals surface area (Å²) in [5, 5.41) is 9.23. The maximum absolute atomic E-state index is 12.4. The Balaban J connectivity index is 3.35. The van der Waals surface area contributed by atoms with Crippen molar-refractivity contribution in [3.63, 3.8) is 0 Å². The lowest BCUT2D eigenvalue weighted by Gasteiger charge is -2.39. The number of rotatable bonds is 6. The fourth-order valence-corrected chi connectivity index (χ4v) is 3.09. The second-order valence-electron chi connectivity index (χ2n) is 5.14. The van der Waals surface area contributed by atoms with Crippen molar-refractivity contribution in [1.82, 2.24) is 0 Å². The van der Waals surface area contributed by atoms with E-state index >= 15 is 0 Å². The van der Waals surface area contributed by atoms with E-state index in [2.05, 4.69) is 5.92 Å². The average Bonchev–Trinajstić information content (AvgIpc) is 2.52. The van der Waals surface area contributed by atoms with Crippen LogP contribution in [0, 0.1) is 29.6 Å². The van der Waals surface area contributed by atoms with Gasteiger partial charge in [-0.05, 0) is 25.2 Å². The molecule has 0 aromatic carbocycles. The van der Waals surface area contributed by atoms with Crippen LogP contribution in [0.4, 0.5) is 0 Å². The molecule has 0 unspecified atom stereocenters. The van der Waals surface area contributed by atoms with E-state index in [0.29, 0.717) is 6.42 Å². The van der Waals surface area contributed by atoms with Crippen LogP contribution in [0.25, 0.3) is 0 Å². The van der Waals surface area contributed by atoms with E-state index in [1.165, 1.54) is 14.2 Å². The van der Waals surface area contributed by atoms with Gasteiger partial charge in [0, 0.05) is 18.9 Å². The SMILES string of the molecule is C#CCC(C(=O)OC)(C(=O)OC)[C@H]1C=CCC[C@@H]1CCO. The number of hydrogen-bond donors (Lipinski definition) is 1. The van der Waals surface area contributed by atoms with Crippen LogP contribution in [0.15, 0.2) is 12.2 Å². The number of carbonyl (C=O) groups is 2. The Morgan fingerprint density at radius 2 is 2.00 bits per heavy atom. The highest BCUT2D eigenvalue weighted by molar-refractivity contribution is 6.01. The first kappa shape index (κ1) is 17.3. The molecule has 0 heterocycles. The van der Waals surface area contributed by atoms with Gasteiger partial charge in [0.15, 0.2) is 5.41 Å². The largest absolute Gasteiger partial charge is 0.468 e. The Morgan fingerprint density at radius 3 is 2.48 bits per heavy atom. The summed E-state index contributed by atoms with van der Waals surface area (Å²) < 4.78 is 9.68. The van der Waals surface area contributed by atoms with Crippen molar-refractivity contribution in [1.29, 1.82) is 0 Å². The van der Waals surface area contributed by atoms with Crippen molar-refractivity contribution in [3.8, 4) is 12.3 Å². The highest BCUT2D eigenvalue weighted by Gasteiger charge is 2.55. The molecule has 0 aromatic rings. The minimum Gasteiger partial charge on any atom is -0.468 e. The van der Waals surface area contributed by atoms with E-state index in [1.54, 1.807) is 0 Å². The van der Waals surface area contributed by atoms with E-state index < -0.39 is 23.3 Å². The third-order valence-corrected chi connectivity index (χ3v) is 4.10. The van der Waals surface area contributed by atoms with Gasteiger partial charge in [-0.1, -0.05) is 12.2 Å². The number of aliphatic hydroxyl groups excluding tert-OH is 1. The molecule has 0 aliphatic heterocycles. The van der Waals surface area contributed by atoms with E-state index in [-0.39, 0.29) is 18.9 Å². The molecule has 1 rings (SSSR count). The van der Waals surface area contributed by atoms with Crippen LogP contribution in [0.5, 0.6) is 0 Å². The first-order valence-electron chi connectivity index (χ1n) is 6.96. The molecule has 0 saturated heterocycles. The smallest absolute Gasteiger partial charge is 0.324 e. The quantitative estimate of drug-likeness (QED) is 0.346. The molecule has 0 saturated carbocycles. The number of carbonyl (C=O) groups excluding carboxylic acids is 2. The summed E-state index contributed by atoms with van der Waals surface area (Å²) in [6.07, 6.45) is 11.2. The molecule has 2 atom stereocenters. The minimum absolute atomic E-state index is 0.0104. The topological polar surface area (TPSA) is 72.8 Å². The number of terminal acetylenes is 1.